The Hall–Kier alpha value is -0.590. The molecule has 92 valence electrons. The zero-order valence-electron chi connectivity index (χ0n) is 10.2. The van der Waals surface area contributed by atoms with Gasteiger partial charge in [0.1, 0.15) is 0 Å². The summed E-state index contributed by atoms with van der Waals surface area (Å²) in [4.78, 5) is 0. The second kappa shape index (κ2) is 6.88. The summed E-state index contributed by atoms with van der Waals surface area (Å²) in [6.07, 6.45) is 7.08. The Labute approximate surface area is 98.4 Å². The van der Waals surface area contributed by atoms with E-state index in [1.165, 1.54) is 12.8 Å². The van der Waals surface area contributed by atoms with E-state index in [1.54, 1.807) is 0 Å². The van der Waals surface area contributed by atoms with Gasteiger partial charge in [-0.2, -0.15) is 5.26 Å². The summed E-state index contributed by atoms with van der Waals surface area (Å²) in [5.74, 6) is 0.785. The highest BCUT2D eigenvalue weighted by atomic mass is 16.5. The largest absolute Gasteiger partial charge is 0.396 e. The van der Waals surface area contributed by atoms with Crippen LogP contribution in [-0.2, 0) is 4.74 Å². The van der Waals surface area contributed by atoms with Gasteiger partial charge in [0.2, 0.25) is 0 Å². The molecule has 1 aliphatic carbocycles. The summed E-state index contributed by atoms with van der Waals surface area (Å²) < 4.78 is 5.67. The van der Waals surface area contributed by atoms with Crippen molar-refractivity contribution in [1.82, 2.24) is 0 Å². The molecule has 0 aromatic heterocycles. The molecular weight excluding hydrogens is 202 g/mol. The molecule has 3 nitrogen and oxygen atoms in total. The first-order valence-electron chi connectivity index (χ1n) is 6.42. The first-order valence-corrected chi connectivity index (χ1v) is 6.42. The zero-order chi connectivity index (χ0) is 11.9. The lowest BCUT2D eigenvalue weighted by Gasteiger charge is -2.34. The van der Waals surface area contributed by atoms with Crippen LogP contribution in [0.25, 0.3) is 0 Å². The molecule has 0 radical (unpaired) electrons. The van der Waals surface area contributed by atoms with Crippen molar-refractivity contribution in [3.05, 3.63) is 0 Å². The predicted octanol–water partition coefficient (Wildman–Crippen LogP) is 2.64. The number of nitrogens with zero attached hydrogens (tertiary/aromatic N) is 1. The van der Waals surface area contributed by atoms with Gasteiger partial charge in [-0.25, -0.2) is 0 Å². The fraction of sp³-hybridized carbons (Fsp3) is 0.923. The lowest BCUT2D eigenvalue weighted by atomic mass is 9.78. The molecule has 0 bridgehead atoms. The molecule has 16 heavy (non-hydrogen) atoms. The third-order valence-electron chi connectivity index (χ3n) is 3.49. The molecule has 0 heterocycles. The fourth-order valence-electron chi connectivity index (χ4n) is 2.46. The summed E-state index contributed by atoms with van der Waals surface area (Å²) in [7, 11) is 0. The fourth-order valence-corrected chi connectivity index (χ4v) is 2.46. The Morgan fingerprint density at radius 2 is 2.12 bits per heavy atom. The molecular formula is C13H23NO2. The van der Waals surface area contributed by atoms with Crippen LogP contribution >= 0.6 is 0 Å². The molecule has 0 unspecified atom stereocenters. The molecule has 1 N–H and O–H groups in total. The van der Waals surface area contributed by atoms with Crippen LogP contribution in [0.1, 0.15) is 51.9 Å². The summed E-state index contributed by atoms with van der Waals surface area (Å²) in [5.41, 5.74) is -0.556. The molecule has 0 saturated heterocycles. The molecule has 3 heteroatoms. The van der Waals surface area contributed by atoms with Gasteiger partial charge in [-0.05, 0) is 38.0 Å². The predicted molar refractivity (Wildman–Crippen MR) is 62.9 cm³/mol. The lowest BCUT2D eigenvalue weighted by Crippen LogP contribution is -2.36. The highest BCUT2D eigenvalue weighted by molar-refractivity contribution is 5.04. The molecule has 0 aromatic rings. The average molecular weight is 225 g/mol. The smallest absolute Gasteiger partial charge is 0.154 e. The SMILES string of the molecule is CCCC1CCC(C#N)(OCCCO)CC1. The van der Waals surface area contributed by atoms with E-state index >= 15 is 0 Å². The Morgan fingerprint density at radius 3 is 2.62 bits per heavy atom. The van der Waals surface area contributed by atoms with Crippen LogP contribution in [0.2, 0.25) is 0 Å². The normalized spacial score (nSPS) is 29.9. The lowest BCUT2D eigenvalue weighted by molar-refractivity contribution is -0.0413. The molecule has 1 saturated carbocycles. The number of aliphatic hydroxyl groups is 1. The summed E-state index contributed by atoms with van der Waals surface area (Å²) in [6, 6.07) is 2.34. The van der Waals surface area contributed by atoms with Crippen molar-refractivity contribution in [3.8, 4) is 6.07 Å². The van der Waals surface area contributed by atoms with Gasteiger partial charge in [-0.3, -0.25) is 0 Å². The van der Waals surface area contributed by atoms with Crippen molar-refractivity contribution in [2.45, 2.75) is 57.5 Å². The van der Waals surface area contributed by atoms with Gasteiger partial charge in [0.25, 0.3) is 0 Å². The summed E-state index contributed by atoms with van der Waals surface area (Å²) in [5, 5.41) is 17.9. The van der Waals surface area contributed by atoms with Gasteiger partial charge >= 0.3 is 0 Å². The second-order valence-corrected chi connectivity index (χ2v) is 4.76. The van der Waals surface area contributed by atoms with E-state index in [0.29, 0.717) is 13.0 Å². The molecule has 0 aromatic carbocycles. The monoisotopic (exact) mass is 225 g/mol. The van der Waals surface area contributed by atoms with E-state index in [0.717, 1.165) is 31.6 Å². The molecule has 1 fully saturated rings. The first kappa shape index (κ1) is 13.5. The van der Waals surface area contributed by atoms with Crippen LogP contribution in [0.4, 0.5) is 0 Å². The van der Waals surface area contributed by atoms with Crippen molar-refractivity contribution in [3.63, 3.8) is 0 Å². The Morgan fingerprint density at radius 1 is 1.44 bits per heavy atom. The van der Waals surface area contributed by atoms with Crippen LogP contribution in [0.3, 0.4) is 0 Å². The minimum Gasteiger partial charge on any atom is -0.396 e. The zero-order valence-corrected chi connectivity index (χ0v) is 10.2. The van der Waals surface area contributed by atoms with Gasteiger partial charge in [-0.15, -0.1) is 0 Å². The molecule has 0 amide bonds. The second-order valence-electron chi connectivity index (χ2n) is 4.76. The Kier molecular flexibility index (Phi) is 5.79. The minimum absolute atomic E-state index is 0.139. The topological polar surface area (TPSA) is 53.2 Å². The van der Waals surface area contributed by atoms with Crippen molar-refractivity contribution >= 4 is 0 Å². The number of ether oxygens (including phenoxy) is 1. The van der Waals surface area contributed by atoms with Gasteiger partial charge in [0.05, 0.1) is 12.7 Å². The number of hydrogen-bond acceptors (Lipinski definition) is 3. The molecule has 1 rings (SSSR count). The third-order valence-corrected chi connectivity index (χ3v) is 3.49. The van der Waals surface area contributed by atoms with Gasteiger partial charge in [0.15, 0.2) is 5.60 Å². The Bertz CT molecular complexity index is 227. The third kappa shape index (κ3) is 3.77. The van der Waals surface area contributed by atoms with E-state index in [9.17, 15) is 5.26 Å². The van der Waals surface area contributed by atoms with Gasteiger partial charge in [0, 0.05) is 6.61 Å². The Balaban J connectivity index is 2.36. The molecule has 0 spiro atoms. The van der Waals surface area contributed by atoms with Crippen LogP contribution in [0.5, 0.6) is 0 Å². The van der Waals surface area contributed by atoms with Crippen LogP contribution < -0.4 is 0 Å². The average Bonchev–Trinajstić information content (AvgIpc) is 2.32. The number of rotatable bonds is 6. The van der Waals surface area contributed by atoms with E-state index in [-0.39, 0.29) is 6.61 Å². The van der Waals surface area contributed by atoms with Crippen LogP contribution in [0, 0.1) is 17.2 Å². The molecule has 0 atom stereocenters. The van der Waals surface area contributed by atoms with Crippen molar-refractivity contribution in [2.24, 2.45) is 5.92 Å². The quantitative estimate of drug-likeness (QED) is 0.707. The van der Waals surface area contributed by atoms with Crippen LogP contribution in [0.15, 0.2) is 0 Å². The number of hydrogen-bond donors (Lipinski definition) is 1. The highest BCUT2D eigenvalue weighted by Crippen LogP contribution is 2.36. The van der Waals surface area contributed by atoms with E-state index in [1.807, 2.05) is 0 Å². The van der Waals surface area contributed by atoms with Crippen LogP contribution in [-0.4, -0.2) is 23.9 Å². The maximum absolute atomic E-state index is 9.22. The van der Waals surface area contributed by atoms with Crippen molar-refractivity contribution < 1.29 is 9.84 Å². The molecule has 0 aliphatic heterocycles. The van der Waals surface area contributed by atoms with Crippen molar-refractivity contribution in [2.75, 3.05) is 13.2 Å². The first-order chi connectivity index (χ1) is 7.76. The maximum Gasteiger partial charge on any atom is 0.154 e. The summed E-state index contributed by atoms with van der Waals surface area (Å²) >= 11 is 0. The summed E-state index contributed by atoms with van der Waals surface area (Å²) in [6.45, 7) is 2.85. The van der Waals surface area contributed by atoms with Crippen molar-refractivity contribution in [1.29, 1.82) is 5.26 Å². The minimum atomic E-state index is -0.556. The number of aliphatic hydroxyl groups excluding tert-OH is 1. The van der Waals surface area contributed by atoms with Gasteiger partial charge < -0.3 is 9.84 Å². The van der Waals surface area contributed by atoms with E-state index in [4.69, 9.17) is 9.84 Å². The van der Waals surface area contributed by atoms with Gasteiger partial charge in [-0.1, -0.05) is 19.8 Å². The highest BCUT2D eigenvalue weighted by Gasteiger charge is 2.35. The molecule has 1 aliphatic rings. The standard InChI is InChI=1S/C13H23NO2/c1-2-4-12-5-7-13(11-14,8-6-12)16-10-3-9-15/h12,15H,2-10H2,1H3. The number of nitriles is 1. The van der Waals surface area contributed by atoms with E-state index in [2.05, 4.69) is 13.0 Å². The maximum atomic E-state index is 9.22. The van der Waals surface area contributed by atoms with E-state index < -0.39 is 5.60 Å².